The molecule has 8 aromatic carbocycles. The van der Waals surface area contributed by atoms with E-state index in [-0.39, 0.29) is 0 Å². The van der Waals surface area contributed by atoms with Crippen molar-refractivity contribution in [2.75, 3.05) is 0 Å². The van der Waals surface area contributed by atoms with Gasteiger partial charge in [-0.2, -0.15) is 0 Å². The highest BCUT2D eigenvalue weighted by Crippen LogP contribution is 2.63. The molecule has 51 heavy (non-hydrogen) atoms. The Bertz CT molecular complexity index is 2780. The minimum Gasteiger partial charge on any atom is -0.457 e. The van der Waals surface area contributed by atoms with Gasteiger partial charge in [0.15, 0.2) is 0 Å². The maximum atomic E-state index is 6.60. The molecule has 0 radical (unpaired) electrons. The van der Waals surface area contributed by atoms with Crippen LogP contribution in [0.5, 0.6) is 11.5 Å². The summed E-state index contributed by atoms with van der Waals surface area (Å²) in [6.07, 6.45) is 0. The summed E-state index contributed by atoms with van der Waals surface area (Å²) in [5, 5.41) is 2.53. The molecule has 0 atom stereocenters. The van der Waals surface area contributed by atoms with E-state index >= 15 is 0 Å². The van der Waals surface area contributed by atoms with Crippen molar-refractivity contribution in [2.45, 2.75) is 5.41 Å². The van der Waals surface area contributed by atoms with Crippen molar-refractivity contribution in [3.8, 4) is 50.6 Å². The Hall–Kier alpha value is -6.64. The monoisotopic (exact) mass is 649 g/mol. The largest absolute Gasteiger partial charge is 0.457 e. The van der Waals surface area contributed by atoms with Gasteiger partial charge in [-0.1, -0.05) is 152 Å². The van der Waals surface area contributed by atoms with E-state index < -0.39 is 5.41 Å². The Morgan fingerprint density at radius 3 is 1.67 bits per heavy atom. The van der Waals surface area contributed by atoms with Crippen LogP contribution < -0.4 is 4.74 Å². The number of nitrogens with zero attached hydrogens (tertiary/aromatic N) is 1. The molecule has 0 N–H and O–H groups in total. The molecule has 0 saturated carbocycles. The molecule has 0 bridgehead atoms. The van der Waals surface area contributed by atoms with E-state index in [1.54, 1.807) is 0 Å². The number of para-hydroxylation sites is 4. The highest BCUT2D eigenvalue weighted by Gasteiger charge is 2.52. The maximum Gasteiger partial charge on any atom is 0.132 e. The van der Waals surface area contributed by atoms with Gasteiger partial charge in [-0.3, -0.25) is 0 Å². The summed E-state index contributed by atoms with van der Waals surface area (Å²) in [4.78, 5) is 0. The fourth-order valence-corrected chi connectivity index (χ4v) is 9.10. The quantitative estimate of drug-likeness (QED) is 0.186. The first-order valence-electron chi connectivity index (χ1n) is 17.6. The second kappa shape index (κ2) is 10.7. The summed E-state index contributed by atoms with van der Waals surface area (Å²) >= 11 is 0. The molecule has 1 aliphatic heterocycles. The lowest BCUT2D eigenvalue weighted by atomic mass is 9.64. The maximum absolute atomic E-state index is 6.60. The lowest BCUT2D eigenvalue weighted by molar-refractivity contribution is 0.436. The Balaban J connectivity index is 1.13. The predicted molar refractivity (Wildman–Crippen MR) is 209 cm³/mol. The highest BCUT2D eigenvalue weighted by atomic mass is 16.5. The Morgan fingerprint density at radius 1 is 0.373 bits per heavy atom. The normalized spacial score (nSPS) is 13.4. The summed E-state index contributed by atoms with van der Waals surface area (Å²) in [5.74, 6) is 1.82. The van der Waals surface area contributed by atoms with Crippen LogP contribution >= 0.6 is 0 Å². The minimum atomic E-state index is -0.516. The summed E-state index contributed by atoms with van der Waals surface area (Å²) in [7, 11) is 0. The molecule has 11 rings (SSSR count). The minimum absolute atomic E-state index is 0.516. The average molecular weight is 650 g/mol. The van der Waals surface area contributed by atoms with Gasteiger partial charge in [-0.05, 0) is 80.9 Å². The molecule has 2 nitrogen and oxygen atoms in total. The highest BCUT2D eigenvalue weighted by molar-refractivity contribution is 6.15. The molecule has 0 saturated heterocycles. The topological polar surface area (TPSA) is 14.2 Å². The first kappa shape index (κ1) is 28.2. The molecule has 0 amide bonds. The van der Waals surface area contributed by atoms with Crippen LogP contribution in [0.2, 0.25) is 0 Å². The van der Waals surface area contributed by atoms with Gasteiger partial charge in [0.25, 0.3) is 0 Å². The van der Waals surface area contributed by atoms with E-state index in [2.05, 4.69) is 193 Å². The third-order valence-electron chi connectivity index (χ3n) is 11.1. The zero-order valence-electron chi connectivity index (χ0n) is 27.8. The van der Waals surface area contributed by atoms with E-state index in [9.17, 15) is 0 Å². The van der Waals surface area contributed by atoms with E-state index in [0.29, 0.717) is 0 Å². The first-order chi connectivity index (χ1) is 25.3. The molecule has 9 aromatic rings. The zero-order chi connectivity index (χ0) is 33.5. The Kier molecular flexibility index (Phi) is 5.91. The van der Waals surface area contributed by atoms with E-state index in [4.69, 9.17) is 4.74 Å². The molecule has 2 aliphatic rings. The second-order valence-electron chi connectivity index (χ2n) is 13.6. The molecule has 1 aliphatic carbocycles. The molecule has 1 aromatic heterocycles. The van der Waals surface area contributed by atoms with Crippen molar-refractivity contribution in [2.24, 2.45) is 0 Å². The van der Waals surface area contributed by atoms with Crippen LogP contribution in [-0.4, -0.2) is 4.57 Å². The number of aromatic nitrogens is 1. The molecule has 2 heteroatoms. The third kappa shape index (κ3) is 3.82. The number of benzene rings is 8. The molecule has 1 spiro atoms. The SMILES string of the molecule is c1ccc(-n2c3ccccc3c3c(-c4ccc(-c5cccc6c5C5(c7ccccc7Oc7ccccc75)c5ccccc5-6)cc4)cccc32)cc1. The Morgan fingerprint density at radius 2 is 0.902 bits per heavy atom. The average Bonchev–Trinajstić information content (AvgIpc) is 3.70. The number of rotatable bonds is 3. The van der Waals surface area contributed by atoms with Crippen LogP contribution in [0, 0.1) is 0 Å². The fraction of sp³-hybridized carbons (Fsp3) is 0.0204. The van der Waals surface area contributed by atoms with E-state index in [0.717, 1.165) is 11.5 Å². The third-order valence-corrected chi connectivity index (χ3v) is 11.1. The van der Waals surface area contributed by atoms with Crippen LogP contribution in [0.25, 0.3) is 60.9 Å². The van der Waals surface area contributed by atoms with Crippen LogP contribution in [-0.2, 0) is 5.41 Å². The van der Waals surface area contributed by atoms with Crippen LogP contribution in [0.3, 0.4) is 0 Å². The van der Waals surface area contributed by atoms with Crippen molar-refractivity contribution in [3.63, 3.8) is 0 Å². The van der Waals surface area contributed by atoms with Crippen molar-refractivity contribution in [3.05, 3.63) is 210 Å². The standard InChI is InChI=1S/C49H31NO/c1-2-14-34(15-3-1)50-43-24-9-5-17-39(43)47-35(18-13-25-44(47)50)32-28-30-33(31-29-32)36-19-12-20-38-37-16-4-6-21-40(37)49(48(36)38)41-22-7-10-26-45(41)51-46-27-11-8-23-42(46)49/h1-31H. The fourth-order valence-electron chi connectivity index (χ4n) is 9.10. The first-order valence-corrected chi connectivity index (χ1v) is 17.6. The van der Waals surface area contributed by atoms with Gasteiger partial charge < -0.3 is 9.30 Å². The van der Waals surface area contributed by atoms with Crippen LogP contribution in [0.15, 0.2) is 188 Å². The smallest absolute Gasteiger partial charge is 0.132 e. The molecule has 2 heterocycles. The van der Waals surface area contributed by atoms with Crippen LogP contribution in [0.4, 0.5) is 0 Å². The van der Waals surface area contributed by atoms with Gasteiger partial charge >= 0.3 is 0 Å². The van der Waals surface area contributed by atoms with Crippen molar-refractivity contribution in [1.29, 1.82) is 0 Å². The predicted octanol–water partition coefficient (Wildman–Crippen LogP) is 12.6. The molecule has 0 fully saturated rings. The summed E-state index contributed by atoms with van der Waals surface area (Å²) < 4.78 is 8.98. The molecule has 238 valence electrons. The van der Waals surface area contributed by atoms with Gasteiger partial charge in [0.1, 0.15) is 11.5 Å². The number of ether oxygens (including phenoxy) is 1. The van der Waals surface area contributed by atoms with Crippen molar-refractivity contribution < 1.29 is 4.74 Å². The molecular weight excluding hydrogens is 619 g/mol. The van der Waals surface area contributed by atoms with E-state index in [1.807, 2.05) is 0 Å². The lowest BCUT2D eigenvalue weighted by Crippen LogP contribution is -2.32. The van der Waals surface area contributed by atoms with Crippen molar-refractivity contribution >= 4 is 21.8 Å². The van der Waals surface area contributed by atoms with Gasteiger partial charge in [0, 0.05) is 27.6 Å². The zero-order valence-corrected chi connectivity index (χ0v) is 27.8. The van der Waals surface area contributed by atoms with Crippen LogP contribution in [0.1, 0.15) is 22.3 Å². The number of hydrogen-bond donors (Lipinski definition) is 0. The van der Waals surface area contributed by atoms with Gasteiger partial charge in [0.2, 0.25) is 0 Å². The van der Waals surface area contributed by atoms with Crippen molar-refractivity contribution in [1.82, 2.24) is 4.57 Å². The van der Waals surface area contributed by atoms with Gasteiger partial charge in [0.05, 0.1) is 16.4 Å². The summed E-state index contributed by atoms with van der Waals surface area (Å²) in [6, 6.07) is 68.3. The summed E-state index contributed by atoms with van der Waals surface area (Å²) in [6.45, 7) is 0. The lowest BCUT2D eigenvalue weighted by Gasteiger charge is -2.40. The number of hydrogen-bond acceptors (Lipinski definition) is 1. The molecule has 0 unspecified atom stereocenters. The summed E-state index contributed by atoms with van der Waals surface area (Å²) in [5.41, 5.74) is 15.5. The Labute approximate surface area is 296 Å². The van der Waals surface area contributed by atoms with E-state index in [1.165, 1.54) is 83.1 Å². The van der Waals surface area contributed by atoms with Gasteiger partial charge in [-0.25, -0.2) is 0 Å². The molecular formula is C49H31NO. The van der Waals surface area contributed by atoms with Gasteiger partial charge in [-0.15, -0.1) is 0 Å². The second-order valence-corrected chi connectivity index (χ2v) is 13.6. The number of fused-ring (bicyclic) bond motifs is 12.